The van der Waals surface area contributed by atoms with Crippen molar-refractivity contribution in [2.45, 2.75) is 39.5 Å². The highest BCUT2D eigenvalue weighted by atomic mass is 16.2. The predicted octanol–water partition coefficient (Wildman–Crippen LogP) is 0.804. The van der Waals surface area contributed by atoms with Gasteiger partial charge in [0.15, 0.2) is 0 Å². The Hall–Kier alpha value is -1.06. The van der Waals surface area contributed by atoms with Gasteiger partial charge in [0.25, 0.3) is 0 Å². The molecule has 0 spiro atoms. The molecule has 0 bridgehead atoms. The number of nitrogens with one attached hydrogen (secondary N) is 1. The summed E-state index contributed by atoms with van der Waals surface area (Å²) in [6, 6.07) is 0. The van der Waals surface area contributed by atoms with Crippen LogP contribution in [-0.4, -0.2) is 18.4 Å². The molecule has 0 saturated carbocycles. The molecule has 0 fully saturated rings. The van der Waals surface area contributed by atoms with E-state index in [1.165, 1.54) is 0 Å². The minimum absolute atomic E-state index is 0.0269. The highest BCUT2D eigenvalue weighted by Gasteiger charge is 2.11. The number of amides is 2. The van der Waals surface area contributed by atoms with Crippen molar-refractivity contribution in [2.75, 3.05) is 6.54 Å². The van der Waals surface area contributed by atoms with Crippen LogP contribution >= 0.6 is 0 Å². The molecule has 0 aromatic carbocycles. The van der Waals surface area contributed by atoms with Gasteiger partial charge in [-0.3, -0.25) is 9.59 Å². The number of carbonyl (C=O) groups is 2. The molecule has 0 rings (SSSR count). The summed E-state index contributed by atoms with van der Waals surface area (Å²) in [5, 5.41) is 2.50. The second-order valence-corrected chi connectivity index (χ2v) is 3.58. The monoisotopic (exact) mass is 200 g/mol. The van der Waals surface area contributed by atoms with Crippen LogP contribution in [0.4, 0.5) is 0 Å². The summed E-state index contributed by atoms with van der Waals surface area (Å²) < 4.78 is 0. The molecule has 1 unspecified atom stereocenters. The summed E-state index contributed by atoms with van der Waals surface area (Å²) in [7, 11) is 0. The smallest absolute Gasteiger partial charge is 0.236 e. The summed E-state index contributed by atoms with van der Waals surface area (Å²) in [5.41, 5.74) is 4.91. The van der Waals surface area contributed by atoms with Gasteiger partial charge < -0.3 is 11.1 Å². The van der Waals surface area contributed by atoms with Gasteiger partial charge in [-0.2, -0.15) is 0 Å². The standard InChI is InChI=1S/C10H20N2O2/c1-3-4-5-6-8(2)10(14)12-7-9(11)13/h8H,3-7H2,1-2H3,(H2,11,13)(H,12,14). The molecule has 3 N–H and O–H groups in total. The number of nitrogens with two attached hydrogens (primary N) is 1. The second-order valence-electron chi connectivity index (χ2n) is 3.58. The normalized spacial score (nSPS) is 12.1. The SMILES string of the molecule is CCCCCC(C)C(=O)NCC(N)=O. The largest absolute Gasteiger partial charge is 0.368 e. The molecule has 0 heterocycles. The fourth-order valence-corrected chi connectivity index (χ4v) is 1.18. The van der Waals surface area contributed by atoms with Gasteiger partial charge in [-0.1, -0.05) is 33.1 Å². The maximum Gasteiger partial charge on any atom is 0.236 e. The van der Waals surface area contributed by atoms with Gasteiger partial charge in [-0.25, -0.2) is 0 Å². The lowest BCUT2D eigenvalue weighted by Gasteiger charge is -2.10. The van der Waals surface area contributed by atoms with E-state index < -0.39 is 5.91 Å². The van der Waals surface area contributed by atoms with E-state index in [-0.39, 0.29) is 18.4 Å². The van der Waals surface area contributed by atoms with Crippen molar-refractivity contribution in [3.05, 3.63) is 0 Å². The first-order valence-electron chi connectivity index (χ1n) is 5.14. The molecule has 0 aliphatic carbocycles. The van der Waals surface area contributed by atoms with Gasteiger partial charge >= 0.3 is 0 Å². The van der Waals surface area contributed by atoms with Gasteiger partial charge in [-0.05, 0) is 6.42 Å². The van der Waals surface area contributed by atoms with Crippen molar-refractivity contribution in [1.29, 1.82) is 0 Å². The summed E-state index contributed by atoms with van der Waals surface area (Å²) in [4.78, 5) is 21.7. The van der Waals surface area contributed by atoms with Gasteiger partial charge in [0.2, 0.25) is 11.8 Å². The molecule has 0 aromatic heterocycles. The molecule has 4 nitrogen and oxygen atoms in total. The quantitative estimate of drug-likeness (QED) is 0.597. The molecule has 14 heavy (non-hydrogen) atoms. The van der Waals surface area contributed by atoms with Gasteiger partial charge in [-0.15, -0.1) is 0 Å². The Balaban J connectivity index is 3.59. The Morgan fingerprint density at radius 3 is 2.50 bits per heavy atom. The maximum atomic E-state index is 11.3. The lowest BCUT2D eigenvalue weighted by atomic mass is 10.0. The summed E-state index contributed by atoms with van der Waals surface area (Å²) >= 11 is 0. The van der Waals surface area contributed by atoms with E-state index in [9.17, 15) is 9.59 Å². The third-order valence-corrected chi connectivity index (χ3v) is 2.13. The van der Waals surface area contributed by atoms with E-state index in [1.807, 2.05) is 6.92 Å². The van der Waals surface area contributed by atoms with Crippen LogP contribution in [0, 0.1) is 5.92 Å². The van der Waals surface area contributed by atoms with E-state index in [2.05, 4.69) is 12.2 Å². The van der Waals surface area contributed by atoms with Crippen LogP contribution in [0.15, 0.2) is 0 Å². The van der Waals surface area contributed by atoms with Crippen LogP contribution < -0.4 is 11.1 Å². The number of rotatable bonds is 7. The highest BCUT2D eigenvalue weighted by Crippen LogP contribution is 2.08. The number of primary amides is 1. The first kappa shape index (κ1) is 12.9. The van der Waals surface area contributed by atoms with Crippen molar-refractivity contribution < 1.29 is 9.59 Å². The van der Waals surface area contributed by atoms with Crippen molar-refractivity contribution in [3.8, 4) is 0 Å². The van der Waals surface area contributed by atoms with Crippen molar-refractivity contribution >= 4 is 11.8 Å². The lowest BCUT2D eigenvalue weighted by Crippen LogP contribution is -2.36. The fraction of sp³-hybridized carbons (Fsp3) is 0.800. The molecule has 0 radical (unpaired) electrons. The number of hydrogen-bond acceptors (Lipinski definition) is 2. The van der Waals surface area contributed by atoms with Crippen LogP contribution in [-0.2, 0) is 9.59 Å². The molecule has 2 amide bonds. The Morgan fingerprint density at radius 2 is 2.00 bits per heavy atom. The lowest BCUT2D eigenvalue weighted by molar-refractivity contribution is -0.127. The molecule has 82 valence electrons. The molecular weight excluding hydrogens is 180 g/mol. The number of hydrogen-bond donors (Lipinski definition) is 2. The molecule has 4 heteroatoms. The topological polar surface area (TPSA) is 72.2 Å². The van der Waals surface area contributed by atoms with Crippen LogP contribution in [0.2, 0.25) is 0 Å². The van der Waals surface area contributed by atoms with Crippen LogP contribution in [0.25, 0.3) is 0 Å². The van der Waals surface area contributed by atoms with Crippen LogP contribution in [0.3, 0.4) is 0 Å². The molecule has 0 aromatic rings. The summed E-state index contributed by atoms with van der Waals surface area (Å²) in [6.07, 6.45) is 4.23. The molecule has 0 aliphatic heterocycles. The van der Waals surface area contributed by atoms with E-state index in [0.717, 1.165) is 25.7 Å². The minimum Gasteiger partial charge on any atom is -0.368 e. The zero-order chi connectivity index (χ0) is 11.0. The summed E-state index contributed by atoms with van der Waals surface area (Å²) in [6.45, 7) is 3.93. The second kappa shape index (κ2) is 7.35. The third kappa shape index (κ3) is 6.46. The van der Waals surface area contributed by atoms with Gasteiger partial charge in [0.1, 0.15) is 0 Å². The van der Waals surface area contributed by atoms with E-state index >= 15 is 0 Å². The molecule has 0 saturated heterocycles. The Morgan fingerprint density at radius 1 is 1.36 bits per heavy atom. The Bertz CT molecular complexity index is 193. The number of unbranched alkanes of at least 4 members (excludes halogenated alkanes) is 2. The summed E-state index contributed by atoms with van der Waals surface area (Å²) in [5.74, 6) is -0.611. The van der Waals surface area contributed by atoms with Crippen molar-refractivity contribution in [3.63, 3.8) is 0 Å². The van der Waals surface area contributed by atoms with Crippen molar-refractivity contribution in [1.82, 2.24) is 5.32 Å². The third-order valence-electron chi connectivity index (χ3n) is 2.13. The Kier molecular flexibility index (Phi) is 6.80. The molecular formula is C10H20N2O2. The van der Waals surface area contributed by atoms with Crippen molar-refractivity contribution in [2.24, 2.45) is 11.7 Å². The van der Waals surface area contributed by atoms with E-state index in [1.54, 1.807) is 0 Å². The zero-order valence-electron chi connectivity index (χ0n) is 9.01. The van der Waals surface area contributed by atoms with E-state index in [0.29, 0.717) is 0 Å². The zero-order valence-corrected chi connectivity index (χ0v) is 9.01. The predicted molar refractivity (Wildman–Crippen MR) is 55.5 cm³/mol. The van der Waals surface area contributed by atoms with Crippen LogP contribution in [0.1, 0.15) is 39.5 Å². The molecule has 0 aliphatic rings. The van der Waals surface area contributed by atoms with Crippen LogP contribution in [0.5, 0.6) is 0 Å². The molecule has 1 atom stereocenters. The average Bonchev–Trinajstić information content (AvgIpc) is 2.14. The van der Waals surface area contributed by atoms with E-state index in [4.69, 9.17) is 5.73 Å². The maximum absolute atomic E-state index is 11.3. The minimum atomic E-state index is -0.501. The fourth-order valence-electron chi connectivity index (χ4n) is 1.18. The first-order valence-corrected chi connectivity index (χ1v) is 5.14. The Labute approximate surface area is 85.2 Å². The van der Waals surface area contributed by atoms with Gasteiger partial charge in [0.05, 0.1) is 6.54 Å². The van der Waals surface area contributed by atoms with Gasteiger partial charge in [0, 0.05) is 5.92 Å². The number of carbonyl (C=O) groups excluding carboxylic acids is 2. The average molecular weight is 200 g/mol. The first-order chi connectivity index (χ1) is 6.57. The highest BCUT2D eigenvalue weighted by molar-refractivity contribution is 5.84.